The first-order chi connectivity index (χ1) is 10.8. The van der Waals surface area contributed by atoms with Gasteiger partial charge in [-0.2, -0.15) is 5.10 Å². The van der Waals surface area contributed by atoms with Crippen LogP contribution >= 0.6 is 0 Å². The molecule has 0 aliphatic rings. The number of halogens is 1. The number of amides is 1. The molecule has 0 aliphatic heterocycles. The lowest BCUT2D eigenvalue weighted by Crippen LogP contribution is -2.30. The molecule has 0 saturated heterocycles. The van der Waals surface area contributed by atoms with Crippen molar-refractivity contribution in [3.63, 3.8) is 0 Å². The van der Waals surface area contributed by atoms with E-state index in [1.54, 1.807) is 42.6 Å². The van der Waals surface area contributed by atoms with E-state index in [0.717, 1.165) is 0 Å². The van der Waals surface area contributed by atoms with E-state index in [1.165, 1.54) is 12.1 Å². The third-order valence-corrected chi connectivity index (χ3v) is 3.81. The monoisotopic (exact) mass is 319 g/mol. The van der Waals surface area contributed by atoms with Crippen molar-refractivity contribution in [3.8, 4) is 5.69 Å². The number of hydrogen-bond acceptors (Lipinski definition) is 3. The topological polar surface area (TPSA) is 58.4 Å². The standard InChI is InChI=1S/C17H22FN3O2/c1-11(22)9-10-20(4)17(23)16-12(2)19-21(13(16)3)15-7-5-14(18)6-8-15/h5-8,11,22H,9-10H2,1-4H3. The SMILES string of the molecule is Cc1nn(-c2ccc(F)cc2)c(C)c1C(=O)N(C)CCC(C)O. The zero-order valence-corrected chi connectivity index (χ0v) is 13.9. The van der Waals surface area contributed by atoms with E-state index < -0.39 is 6.10 Å². The Morgan fingerprint density at radius 2 is 1.96 bits per heavy atom. The summed E-state index contributed by atoms with van der Waals surface area (Å²) >= 11 is 0. The molecule has 0 fully saturated rings. The van der Waals surface area contributed by atoms with Gasteiger partial charge in [-0.25, -0.2) is 9.07 Å². The van der Waals surface area contributed by atoms with E-state index in [2.05, 4.69) is 5.10 Å². The minimum absolute atomic E-state index is 0.131. The van der Waals surface area contributed by atoms with Crippen molar-refractivity contribution in [3.05, 3.63) is 47.0 Å². The van der Waals surface area contributed by atoms with E-state index in [9.17, 15) is 14.3 Å². The zero-order chi connectivity index (χ0) is 17.1. The predicted molar refractivity (Wildman–Crippen MR) is 86.3 cm³/mol. The van der Waals surface area contributed by atoms with Gasteiger partial charge in [0.15, 0.2) is 0 Å². The number of aryl methyl sites for hydroxylation is 1. The highest BCUT2D eigenvalue weighted by atomic mass is 19.1. The molecule has 0 bridgehead atoms. The summed E-state index contributed by atoms with van der Waals surface area (Å²) in [5, 5.41) is 13.8. The first-order valence-electron chi connectivity index (χ1n) is 7.57. The molecule has 1 aromatic heterocycles. The Bertz CT molecular complexity index is 693. The van der Waals surface area contributed by atoms with Gasteiger partial charge in [0.05, 0.1) is 28.7 Å². The van der Waals surface area contributed by atoms with Crippen LogP contribution in [0.1, 0.15) is 35.1 Å². The van der Waals surface area contributed by atoms with Crippen LogP contribution in [-0.2, 0) is 0 Å². The van der Waals surface area contributed by atoms with E-state index in [0.29, 0.717) is 35.6 Å². The van der Waals surface area contributed by atoms with E-state index in [-0.39, 0.29) is 11.7 Å². The zero-order valence-electron chi connectivity index (χ0n) is 13.9. The first kappa shape index (κ1) is 17.1. The number of aliphatic hydroxyl groups excluding tert-OH is 1. The summed E-state index contributed by atoms with van der Waals surface area (Å²) in [5.74, 6) is -0.446. The number of aliphatic hydroxyl groups is 1. The molecule has 0 spiro atoms. The fourth-order valence-corrected chi connectivity index (χ4v) is 2.46. The van der Waals surface area contributed by atoms with Crippen LogP contribution in [0.15, 0.2) is 24.3 Å². The fourth-order valence-electron chi connectivity index (χ4n) is 2.46. The Hall–Kier alpha value is -2.21. The van der Waals surface area contributed by atoms with Crippen molar-refractivity contribution in [1.82, 2.24) is 14.7 Å². The van der Waals surface area contributed by atoms with Crippen LogP contribution in [0, 0.1) is 19.7 Å². The van der Waals surface area contributed by atoms with Gasteiger partial charge < -0.3 is 10.0 Å². The van der Waals surface area contributed by atoms with Crippen molar-refractivity contribution >= 4 is 5.91 Å². The van der Waals surface area contributed by atoms with E-state index >= 15 is 0 Å². The Kier molecular flexibility index (Phi) is 5.15. The Balaban J connectivity index is 2.30. The second-order valence-corrected chi connectivity index (χ2v) is 5.80. The third kappa shape index (κ3) is 3.76. The normalized spacial score (nSPS) is 12.3. The van der Waals surface area contributed by atoms with Crippen LogP contribution in [-0.4, -0.2) is 45.4 Å². The summed E-state index contributed by atoms with van der Waals surface area (Å²) in [4.78, 5) is 14.2. The largest absolute Gasteiger partial charge is 0.393 e. The van der Waals surface area contributed by atoms with E-state index in [1.807, 2.05) is 6.92 Å². The van der Waals surface area contributed by atoms with Crippen LogP contribution in [0.3, 0.4) is 0 Å². The highest BCUT2D eigenvalue weighted by Gasteiger charge is 2.22. The summed E-state index contributed by atoms with van der Waals surface area (Å²) in [6.07, 6.45) is 0.0706. The maximum Gasteiger partial charge on any atom is 0.257 e. The number of carbonyl (C=O) groups excluding carboxylic acids is 1. The highest BCUT2D eigenvalue weighted by molar-refractivity contribution is 5.96. The fraction of sp³-hybridized carbons (Fsp3) is 0.412. The maximum absolute atomic E-state index is 13.1. The Morgan fingerprint density at radius 3 is 2.52 bits per heavy atom. The lowest BCUT2D eigenvalue weighted by atomic mass is 10.1. The molecule has 0 saturated carbocycles. The molecule has 1 heterocycles. The van der Waals surface area contributed by atoms with Gasteiger partial charge in [-0.3, -0.25) is 4.79 Å². The Labute approximate surface area is 135 Å². The lowest BCUT2D eigenvalue weighted by Gasteiger charge is -2.18. The second kappa shape index (κ2) is 6.91. The molecule has 1 N–H and O–H groups in total. The highest BCUT2D eigenvalue weighted by Crippen LogP contribution is 2.19. The van der Waals surface area contributed by atoms with Crippen LogP contribution < -0.4 is 0 Å². The van der Waals surface area contributed by atoms with Crippen molar-refractivity contribution in [2.45, 2.75) is 33.3 Å². The summed E-state index contributed by atoms with van der Waals surface area (Å²) in [7, 11) is 1.71. The molecule has 1 atom stereocenters. The summed E-state index contributed by atoms with van der Waals surface area (Å²) in [5.41, 5.74) is 2.59. The van der Waals surface area contributed by atoms with Crippen LogP contribution in [0.2, 0.25) is 0 Å². The number of aromatic nitrogens is 2. The van der Waals surface area contributed by atoms with Gasteiger partial charge in [0.1, 0.15) is 5.82 Å². The molecular weight excluding hydrogens is 297 g/mol. The quantitative estimate of drug-likeness (QED) is 0.921. The maximum atomic E-state index is 13.1. The summed E-state index contributed by atoms with van der Waals surface area (Å²) < 4.78 is 14.7. The van der Waals surface area contributed by atoms with Gasteiger partial charge >= 0.3 is 0 Å². The van der Waals surface area contributed by atoms with Crippen molar-refractivity contribution in [2.75, 3.05) is 13.6 Å². The van der Waals surface area contributed by atoms with Crippen molar-refractivity contribution in [2.24, 2.45) is 0 Å². The van der Waals surface area contributed by atoms with Gasteiger partial charge in [-0.1, -0.05) is 0 Å². The van der Waals surface area contributed by atoms with Gasteiger partial charge in [0.25, 0.3) is 5.91 Å². The molecule has 0 aliphatic carbocycles. The molecule has 2 rings (SSSR count). The van der Waals surface area contributed by atoms with Gasteiger partial charge in [0, 0.05) is 13.6 Å². The lowest BCUT2D eigenvalue weighted by molar-refractivity contribution is 0.0767. The average Bonchev–Trinajstić information content (AvgIpc) is 2.79. The number of nitrogens with zero attached hydrogens (tertiary/aromatic N) is 3. The molecule has 2 aromatic rings. The molecule has 5 nitrogen and oxygen atoms in total. The number of rotatable bonds is 5. The number of benzene rings is 1. The number of hydrogen-bond donors (Lipinski definition) is 1. The smallest absolute Gasteiger partial charge is 0.257 e. The second-order valence-electron chi connectivity index (χ2n) is 5.80. The van der Waals surface area contributed by atoms with Crippen molar-refractivity contribution < 1.29 is 14.3 Å². The van der Waals surface area contributed by atoms with Gasteiger partial charge in [-0.15, -0.1) is 0 Å². The summed E-state index contributed by atoms with van der Waals surface area (Å²) in [6.45, 7) is 5.76. The molecule has 1 amide bonds. The summed E-state index contributed by atoms with van der Waals surface area (Å²) in [6, 6.07) is 5.98. The molecule has 6 heteroatoms. The minimum atomic E-state index is -0.450. The first-order valence-corrected chi connectivity index (χ1v) is 7.57. The molecule has 0 radical (unpaired) electrons. The predicted octanol–water partition coefficient (Wildman–Crippen LogP) is 2.47. The molecule has 23 heavy (non-hydrogen) atoms. The molecule has 1 unspecified atom stereocenters. The molecule has 124 valence electrons. The average molecular weight is 319 g/mol. The van der Waals surface area contributed by atoms with Gasteiger partial charge in [-0.05, 0) is 51.5 Å². The van der Waals surface area contributed by atoms with Crippen LogP contribution in [0.4, 0.5) is 4.39 Å². The molecule has 1 aromatic carbocycles. The number of carbonyl (C=O) groups is 1. The van der Waals surface area contributed by atoms with Crippen molar-refractivity contribution in [1.29, 1.82) is 0 Å². The van der Waals surface area contributed by atoms with Crippen LogP contribution in [0.25, 0.3) is 5.69 Å². The molecular formula is C17H22FN3O2. The van der Waals surface area contributed by atoms with Gasteiger partial charge in [0.2, 0.25) is 0 Å². The minimum Gasteiger partial charge on any atom is -0.393 e. The van der Waals surface area contributed by atoms with Crippen LogP contribution in [0.5, 0.6) is 0 Å². The Morgan fingerprint density at radius 1 is 1.35 bits per heavy atom. The third-order valence-electron chi connectivity index (χ3n) is 3.81. The van der Waals surface area contributed by atoms with E-state index in [4.69, 9.17) is 0 Å².